The number of rotatable bonds is 6. The van der Waals surface area contributed by atoms with Gasteiger partial charge in [0.05, 0.1) is 0 Å². The van der Waals surface area contributed by atoms with Crippen LogP contribution in [-0.4, -0.2) is 37.6 Å². The summed E-state index contributed by atoms with van der Waals surface area (Å²) in [6.45, 7) is 19.8. The van der Waals surface area contributed by atoms with E-state index < -0.39 is 0 Å². The Labute approximate surface area is 120 Å². The van der Waals surface area contributed by atoms with Crippen molar-refractivity contribution in [1.29, 1.82) is 0 Å². The van der Waals surface area contributed by atoms with Crippen LogP contribution in [-0.2, 0) is 0 Å². The average molecular weight is 266 g/mol. The molecular weight excluding hydrogens is 232 g/mol. The van der Waals surface area contributed by atoms with E-state index in [9.17, 15) is 0 Å². The number of nitrogens with one attached hydrogen (secondary N) is 1. The zero-order valence-electron chi connectivity index (χ0n) is 14.0. The average Bonchev–Trinajstić information content (AvgIpc) is 2.28. The number of hydrogen-bond donors (Lipinski definition) is 1. The zero-order valence-corrected chi connectivity index (χ0v) is 14.0. The van der Waals surface area contributed by atoms with Crippen molar-refractivity contribution in [2.75, 3.05) is 32.7 Å². The Balaban J connectivity index is 2.41. The first-order chi connectivity index (χ1) is 8.74. The van der Waals surface area contributed by atoms with Gasteiger partial charge < -0.3 is 5.32 Å². The van der Waals surface area contributed by atoms with Gasteiger partial charge in [-0.2, -0.15) is 0 Å². The third kappa shape index (κ3) is 6.09. The summed E-state index contributed by atoms with van der Waals surface area (Å²) in [5.41, 5.74) is 2.35. The largest absolute Gasteiger partial charge is 0.316 e. The highest BCUT2D eigenvalue weighted by molar-refractivity contribution is 5.14. The van der Waals surface area contributed by atoms with Gasteiger partial charge in [0.2, 0.25) is 0 Å². The molecule has 0 saturated heterocycles. The van der Waals surface area contributed by atoms with Crippen LogP contribution in [0.2, 0.25) is 0 Å². The summed E-state index contributed by atoms with van der Waals surface area (Å²) in [5.74, 6) is 0. The normalized spacial score (nSPS) is 18.5. The fourth-order valence-corrected chi connectivity index (χ4v) is 2.80. The lowest BCUT2D eigenvalue weighted by atomic mass is 9.82. The van der Waals surface area contributed by atoms with Crippen LogP contribution >= 0.6 is 0 Å². The van der Waals surface area contributed by atoms with Crippen molar-refractivity contribution >= 4 is 0 Å². The van der Waals surface area contributed by atoms with Crippen LogP contribution in [0, 0.1) is 10.8 Å². The summed E-state index contributed by atoms with van der Waals surface area (Å²) in [5, 5.41) is 3.56. The molecular formula is C17H34N2. The zero-order chi connectivity index (χ0) is 14.5. The van der Waals surface area contributed by atoms with Gasteiger partial charge in [-0.3, -0.25) is 4.90 Å². The van der Waals surface area contributed by atoms with E-state index in [-0.39, 0.29) is 0 Å². The molecule has 0 amide bonds. The molecule has 0 saturated carbocycles. The molecule has 0 bridgehead atoms. The Bertz CT molecular complexity index is 297. The number of hydrogen-bond acceptors (Lipinski definition) is 2. The molecule has 0 spiro atoms. The van der Waals surface area contributed by atoms with Crippen LogP contribution in [0.5, 0.6) is 0 Å². The first-order valence-electron chi connectivity index (χ1n) is 7.87. The molecule has 2 nitrogen and oxygen atoms in total. The second-order valence-corrected chi connectivity index (χ2v) is 7.81. The van der Waals surface area contributed by atoms with Crippen molar-refractivity contribution in [3.05, 3.63) is 11.6 Å². The Morgan fingerprint density at radius 3 is 2.37 bits per heavy atom. The highest BCUT2D eigenvalue weighted by Gasteiger charge is 2.25. The van der Waals surface area contributed by atoms with Crippen molar-refractivity contribution < 1.29 is 0 Å². The summed E-state index contributed by atoms with van der Waals surface area (Å²) in [6.07, 6.45) is 4.92. The van der Waals surface area contributed by atoms with E-state index in [1.165, 1.54) is 25.9 Å². The van der Waals surface area contributed by atoms with Crippen LogP contribution in [0.1, 0.15) is 54.4 Å². The minimum Gasteiger partial charge on any atom is -0.316 e. The lowest BCUT2D eigenvalue weighted by Crippen LogP contribution is -2.42. The monoisotopic (exact) mass is 266 g/mol. The summed E-state index contributed by atoms with van der Waals surface area (Å²) in [7, 11) is 0. The highest BCUT2D eigenvalue weighted by Crippen LogP contribution is 2.30. The minimum atomic E-state index is 0.351. The quantitative estimate of drug-likeness (QED) is 0.582. The van der Waals surface area contributed by atoms with Gasteiger partial charge in [0.1, 0.15) is 0 Å². The van der Waals surface area contributed by atoms with Gasteiger partial charge in [0.25, 0.3) is 0 Å². The molecule has 1 rings (SSSR count). The van der Waals surface area contributed by atoms with Crippen molar-refractivity contribution in [1.82, 2.24) is 10.2 Å². The summed E-state index contributed by atoms with van der Waals surface area (Å²) in [4.78, 5) is 2.60. The van der Waals surface area contributed by atoms with Crippen LogP contribution in [0.25, 0.3) is 0 Å². The lowest BCUT2D eigenvalue weighted by Gasteiger charge is -2.37. The smallest absolute Gasteiger partial charge is 0.0166 e. The van der Waals surface area contributed by atoms with Crippen LogP contribution in [0.3, 0.4) is 0 Å². The Hall–Kier alpha value is -0.340. The van der Waals surface area contributed by atoms with Gasteiger partial charge in [-0.25, -0.2) is 0 Å². The minimum absolute atomic E-state index is 0.351. The van der Waals surface area contributed by atoms with Crippen molar-refractivity contribution in [2.24, 2.45) is 10.8 Å². The van der Waals surface area contributed by atoms with Crippen molar-refractivity contribution in [3.8, 4) is 0 Å². The second kappa shape index (κ2) is 6.90. The first-order valence-corrected chi connectivity index (χ1v) is 7.87. The van der Waals surface area contributed by atoms with E-state index in [0.717, 1.165) is 19.6 Å². The van der Waals surface area contributed by atoms with Gasteiger partial charge in [0, 0.05) is 26.2 Å². The van der Waals surface area contributed by atoms with Crippen LogP contribution in [0.4, 0.5) is 0 Å². The van der Waals surface area contributed by atoms with Gasteiger partial charge >= 0.3 is 0 Å². The lowest BCUT2D eigenvalue weighted by molar-refractivity contribution is 0.180. The summed E-state index contributed by atoms with van der Waals surface area (Å²) >= 11 is 0. The van der Waals surface area contributed by atoms with Crippen LogP contribution in [0.15, 0.2) is 11.6 Å². The molecule has 1 heterocycles. The SMILES string of the molecule is CCCNCC(C)(C)CN1CC=C(C(C)(C)C)CC1. The topological polar surface area (TPSA) is 15.3 Å². The molecule has 1 aliphatic rings. The Morgan fingerprint density at radius 2 is 1.89 bits per heavy atom. The second-order valence-electron chi connectivity index (χ2n) is 7.81. The molecule has 0 aromatic carbocycles. The molecule has 0 aromatic rings. The fourth-order valence-electron chi connectivity index (χ4n) is 2.80. The Kier molecular flexibility index (Phi) is 6.07. The maximum absolute atomic E-state index is 3.56. The van der Waals surface area contributed by atoms with Crippen molar-refractivity contribution in [2.45, 2.75) is 54.4 Å². The van der Waals surface area contributed by atoms with Crippen molar-refractivity contribution in [3.63, 3.8) is 0 Å². The van der Waals surface area contributed by atoms with Gasteiger partial charge in [-0.1, -0.05) is 53.2 Å². The third-order valence-electron chi connectivity index (χ3n) is 3.94. The molecule has 0 aromatic heterocycles. The molecule has 1 aliphatic heterocycles. The maximum atomic E-state index is 3.56. The van der Waals surface area contributed by atoms with E-state index in [4.69, 9.17) is 0 Å². The Morgan fingerprint density at radius 1 is 1.21 bits per heavy atom. The fraction of sp³-hybridized carbons (Fsp3) is 0.882. The molecule has 0 atom stereocenters. The van der Waals surface area contributed by atoms with E-state index in [0.29, 0.717) is 10.8 Å². The van der Waals surface area contributed by atoms with Crippen LogP contribution < -0.4 is 5.32 Å². The molecule has 19 heavy (non-hydrogen) atoms. The molecule has 0 unspecified atom stereocenters. The highest BCUT2D eigenvalue weighted by atomic mass is 15.1. The number of nitrogens with zero attached hydrogens (tertiary/aromatic N) is 1. The molecule has 112 valence electrons. The molecule has 1 N–H and O–H groups in total. The van der Waals surface area contributed by atoms with Gasteiger partial charge in [0.15, 0.2) is 0 Å². The third-order valence-corrected chi connectivity index (χ3v) is 3.94. The van der Waals surface area contributed by atoms with E-state index in [2.05, 4.69) is 57.8 Å². The predicted molar refractivity (Wildman–Crippen MR) is 85.5 cm³/mol. The molecule has 0 aliphatic carbocycles. The van der Waals surface area contributed by atoms with E-state index in [1.54, 1.807) is 5.57 Å². The van der Waals surface area contributed by atoms with E-state index >= 15 is 0 Å². The standard InChI is InChI=1S/C17H34N2/c1-7-10-18-13-17(5,6)14-19-11-8-15(9-12-19)16(2,3)4/h8,18H,7,9-14H2,1-6H3. The summed E-state index contributed by atoms with van der Waals surface area (Å²) < 4.78 is 0. The van der Waals surface area contributed by atoms with Gasteiger partial charge in [-0.05, 0) is 30.2 Å². The maximum Gasteiger partial charge on any atom is 0.0166 e. The van der Waals surface area contributed by atoms with E-state index in [1.807, 2.05) is 0 Å². The summed E-state index contributed by atoms with van der Waals surface area (Å²) in [6, 6.07) is 0. The molecule has 0 fully saturated rings. The predicted octanol–water partition coefficient (Wildman–Crippen LogP) is 3.69. The molecule has 2 heteroatoms. The van der Waals surface area contributed by atoms with Gasteiger partial charge in [-0.15, -0.1) is 0 Å². The first kappa shape index (κ1) is 16.7. The molecule has 0 radical (unpaired) electrons.